The Morgan fingerprint density at radius 2 is 1.67 bits per heavy atom. The van der Waals surface area contributed by atoms with Gasteiger partial charge in [0, 0.05) is 29.3 Å². The van der Waals surface area contributed by atoms with Gasteiger partial charge < -0.3 is 9.88 Å². The van der Waals surface area contributed by atoms with E-state index in [0.29, 0.717) is 11.3 Å². The minimum atomic E-state index is -0.331. The molecule has 3 rings (SSSR count). The van der Waals surface area contributed by atoms with Crippen LogP contribution in [0.2, 0.25) is 0 Å². The van der Waals surface area contributed by atoms with Gasteiger partial charge in [0.25, 0.3) is 5.91 Å². The van der Waals surface area contributed by atoms with Gasteiger partial charge in [-0.2, -0.15) is 0 Å². The second kappa shape index (κ2) is 5.63. The van der Waals surface area contributed by atoms with Crippen LogP contribution in [0.4, 0.5) is 10.1 Å². The van der Waals surface area contributed by atoms with Crippen molar-refractivity contribution in [2.45, 2.75) is 0 Å². The van der Waals surface area contributed by atoms with Crippen LogP contribution in [0.1, 0.15) is 10.4 Å². The SMILES string of the molecule is O=C(Nc1ccc(F)cc1)c1cccc(-n2cccc2)c1. The number of hydrogen-bond acceptors (Lipinski definition) is 1. The minimum Gasteiger partial charge on any atom is -0.324 e. The Morgan fingerprint density at radius 1 is 0.952 bits per heavy atom. The Kier molecular flexibility index (Phi) is 3.51. The van der Waals surface area contributed by atoms with Crippen LogP contribution in [0.5, 0.6) is 0 Å². The van der Waals surface area contributed by atoms with Gasteiger partial charge in [0.05, 0.1) is 0 Å². The molecule has 0 aliphatic heterocycles. The summed E-state index contributed by atoms with van der Waals surface area (Å²) in [6, 6.07) is 16.8. The summed E-state index contributed by atoms with van der Waals surface area (Å²) in [7, 11) is 0. The third kappa shape index (κ3) is 3.00. The number of nitrogens with one attached hydrogen (secondary N) is 1. The predicted octanol–water partition coefficient (Wildman–Crippen LogP) is 3.87. The Hall–Kier alpha value is -2.88. The molecule has 0 saturated carbocycles. The van der Waals surface area contributed by atoms with Crippen LogP contribution in [0.3, 0.4) is 0 Å². The van der Waals surface area contributed by atoms with Crippen LogP contribution in [-0.4, -0.2) is 10.5 Å². The van der Waals surface area contributed by atoms with Crippen LogP contribution < -0.4 is 5.32 Å². The summed E-state index contributed by atoms with van der Waals surface area (Å²) in [6.07, 6.45) is 3.83. The van der Waals surface area contributed by atoms with E-state index < -0.39 is 0 Å². The molecule has 3 aromatic rings. The maximum Gasteiger partial charge on any atom is 0.255 e. The molecule has 2 aromatic carbocycles. The van der Waals surface area contributed by atoms with Crippen LogP contribution >= 0.6 is 0 Å². The van der Waals surface area contributed by atoms with Gasteiger partial charge in [-0.1, -0.05) is 6.07 Å². The van der Waals surface area contributed by atoms with Crippen molar-refractivity contribution in [3.63, 3.8) is 0 Å². The first kappa shape index (κ1) is 13.1. The highest BCUT2D eigenvalue weighted by atomic mass is 19.1. The number of benzene rings is 2. The molecule has 0 aliphatic carbocycles. The molecule has 1 aromatic heterocycles. The van der Waals surface area contributed by atoms with Gasteiger partial charge in [-0.25, -0.2) is 4.39 Å². The van der Waals surface area contributed by atoms with E-state index in [1.165, 1.54) is 24.3 Å². The van der Waals surface area contributed by atoms with Crippen LogP contribution in [0, 0.1) is 5.82 Å². The van der Waals surface area contributed by atoms with E-state index in [4.69, 9.17) is 0 Å². The lowest BCUT2D eigenvalue weighted by atomic mass is 10.2. The molecule has 0 aliphatic rings. The lowest BCUT2D eigenvalue weighted by Gasteiger charge is -2.08. The number of nitrogens with zero attached hydrogens (tertiary/aromatic N) is 1. The first-order valence-corrected chi connectivity index (χ1v) is 6.53. The summed E-state index contributed by atoms with van der Waals surface area (Å²) in [5, 5.41) is 2.74. The number of rotatable bonds is 3. The highest BCUT2D eigenvalue weighted by Gasteiger charge is 2.07. The Morgan fingerprint density at radius 3 is 2.38 bits per heavy atom. The largest absolute Gasteiger partial charge is 0.324 e. The van der Waals surface area contributed by atoms with Crippen molar-refractivity contribution >= 4 is 11.6 Å². The lowest BCUT2D eigenvalue weighted by Crippen LogP contribution is -2.12. The monoisotopic (exact) mass is 280 g/mol. The molecule has 4 heteroatoms. The van der Waals surface area contributed by atoms with E-state index >= 15 is 0 Å². The number of carbonyl (C=O) groups excluding carboxylic acids is 1. The topological polar surface area (TPSA) is 34.0 Å². The summed E-state index contributed by atoms with van der Waals surface area (Å²) in [4.78, 5) is 12.2. The van der Waals surface area contributed by atoms with Crippen LogP contribution in [-0.2, 0) is 0 Å². The first-order valence-electron chi connectivity index (χ1n) is 6.53. The van der Waals surface area contributed by atoms with Gasteiger partial charge in [0.2, 0.25) is 0 Å². The molecule has 1 amide bonds. The maximum atomic E-state index is 12.8. The molecule has 0 unspecified atom stereocenters. The molecule has 0 saturated heterocycles. The summed E-state index contributed by atoms with van der Waals surface area (Å²) in [6.45, 7) is 0. The quantitative estimate of drug-likeness (QED) is 0.776. The van der Waals surface area contributed by atoms with Crippen molar-refractivity contribution in [1.29, 1.82) is 0 Å². The third-order valence-electron chi connectivity index (χ3n) is 3.11. The summed E-state index contributed by atoms with van der Waals surface area (Å²) in [5.74, 6) is -0.557. The van der Waals surface area contributed by atoms with Crippen LogP contribution in [0.25, 0.3) is 5.69 Å². The molecular weight excluding hydrogens is 267 g/mol. The van der Waals surface area contributed by atoms with Crippen LogP contribution in [0.15, 0.2) is 73.1 Å². The van der Waals surface area contributed by atoms with E-state index in [-0.39, 0.29) is 11.7 Å². The average molecular weight is 280 g/mol. The molecule has 0 bridgehead atoms. The van der Waals surface area contributed by atoms with Gasteiger partial charge in [-0.05, 0) is 54.6 Å². The third-order valence-corrected chi connectivity index (χ3v) is 3.11. The normalized spacial score (nSPS) is 10.3. The van der Waals surface area contributed by atoms with Crippen molar-refractivity contribution in [2.75, 3.05) is 5.32 Å². The molecule has 1 heterocycles. The zero-order chi connectivity index (χ0) is 14.7. The number of aromatic nitrogens is 1. The fourth-order valence-electron chi connectivity index (χ4n) is 2.05. The zero-order valence-corrected chi connectivity index (χ0v) is 11.2. The van der Waals surface area contributed by atoms with Crippen molar-refractivity contribution < 1.29 is 9.18 Å². The number of amides is 1. The van der Waals surface area contributed by atoms with Crippen molar-refractivity contribution in [2.24, 2.45) is 0 Å². The van der Waals surface area contributed by atoms with Gasteiger partial charge in [0.1, 0.15) is 5.82 Å². The highest BCUT2D eigenvalue weighted by Crippen LogP contribution is 2.14. The molecule has 0 spiro atoms. The molecule has 0 atom stereocenters. The fraction of sp³-hybridized carbons (Fsp3) is 0. The average Bonchev–Trinajstić information content (AvgIpc) is 3.04. The minimum absolute atomic E-state index is 0.226. The summed E-state index contributed by atoms with van der Waals surface area (Å²) < 4.78 is 14.8. The molecule has 1 N–H and O–H groups in total. The number of anilines is 1. The standard InChI is InChI=1S/C17H13FN2O/c18-14-6-8-15(9-7-14)19-17(21)13-4-3-5-16(12-13)20-10-1-2-11-20/h1-12H,(H,19,21). The Balaban J connectivity index is 1.81. The zero-order valence-electron chi connectivity index (χ0n) is 11.2. The summed E-state index contributed by atoms with van der Waals surface area (Å²) >= 11 is 0. The molecular formula is C17H13FN2O. The Bertz CT molecular complexity index is 749. The first-order chi connectivity index (χ1) is 10.2. The van der Waals surface area contributed by atoms with E-state index in [1.807, 2.05) is 41.2 Å². The van der Waals surface area contributed by atoms with Gasteiger partial charge in [0.15, 0.2) is 0 Å². The number of hydrogen-bond donors (Lipinski definition) is 1. The van der Waals surface area contributed by atoms with Crippen molar-refractivity contribution in [1.82, 2.24) is 4.57 Å². The molecule has 3 nitrogen and oxygen atoms in total. The lowest BCUT2D eigenvalue weighted by molar-refractivity contribution is 0.102. The molecule has 0 fully saturated rings. The second-order valence-electron chi connectivity index (χ2n) is 4.60. The van der Waals surface area contributed by atoms with E-state index in [1.54, 1.807) is 12.1 Å². The van der Waals surface area contributed by atoms with E-state index in [9.17, 15) is 9.18 Å². The number of carbonyl (C=O) groups is 1. The van der Waals surface area contributed by atoms with E-state index in [2.05, 4.69) is 5.32 Å². The highest BCUT2D eigenvalue weighted by molar-refractivity contribution is 6.04. The van der Waals surface area contributed by atoms with Gasteiger partial charge >= 0.3 is 0 Å². The molecule has 104 valence electrons. The summed E-state index contributed by atoms with van der Waals surface area (Å²) in [5.41, 5.74) is 2.02. The van der Waals surface area contributed by atoms with Crippen molar-refractivity contribution in [3.8, 4) is 5.69 Å². The van der Waals surface area contributed by atoms with Gasteiger partial charge in [-0.15, -0.1) is 0 Å². The maximum absolute atomic E-state index is 12.8. The number of halogens is 1. The second-order valence-corrected chi connectivity index (χ2v) is 4.60. The van der Waals surface area contributed by atoms with Crippen molar-refractivity contribution in [3.05, 3.63) is 84.4 Å². The fourth-order valence-corrected chi connectivity index (χ4v) is 2.05. The van der Waals surface area contributed by atoms with E-state index in [0.717, 1.165) is 5.69 Å². The molecule has 0 radical (unpaired) electrons. The van der Waals surface area contributed by atoms with Gasteiger partial charge in [-0.3, -0.25) is 4.79 Å². The smallest absolute Gasteiger partial charge is 0.255 e. The Labute approximate surface area is 121 Å². The predicted molar refractivity (Wildman–Crippen MR) is 80.1 cm³/mol. The molecule has 21 heavy (non-hydrogen) atoms.